The smallest absolute Gasteiger partial charge is 0.255 e. The van der Waals surface area contributed by atoms with E-state index in [1.165, 1.54) is 0 Å². The van der Waals surface area contributed by atoms with E-state index in [1.807, 2.05) is 29.4 Å². The normalized spacial score (nSPS) is 18.4. The van der Waals surface area contributed by atoms with Crippen LogP contribution in [-0.4, -0.2) is 37.3 Å². The lowest BCUT2D eigenvalue weighted by Gasteiger charge is -2.26. The van der Waals surface area contributed by atoms with Gasteiger partial charge in [-0.2, -0.15) is 0 Å². The molecule has 1 amide bonds. The van der Waals surface area contributed by atoms with Crippen LogP contribution in [0.3, 0.4) is 0 Å². The van der Waals surface area contributed by atoms with Gasteiger partial charge in [-0.15, -0.1) is 0 Å². The molecule has 7 heteroatoms. The fourth-order valence-corrected chi connectivity index (χ4v) is 4.15. The number of fused-ring (bicyclic) bond motifs is 3. The SMILES string of the molecule is C[Si](C)(C)CCOCN1C=C2C(=O)Nc3cc(-c4ccncc4)ccc3C2N1. The van der Waals surface area contributed by atoms with Gasteiger partial charge in [-0.1, -0.05) is 31.8 Å². The highest BCUT2D eigenvalue weighted by molar-refractivity contribution is 6.76. The van der Waals surface area contributed by atoms with Crippen LogP contribution in [0.15, 0.2) is 54.5 Å². The number of hydrazine groups is 1. The van der Waals surface area contributed by atoms with Crippen LogP contribution in [0, 0.1) is 0 Å². The molecule has 1 aromatic heterocycles. The highest BCUT2D eigenvalue weighted by Crippen LogP contribution is 2.39. The molecule has 0 spiro atoms. The highest BCUT2D eigenvalue weighted by Gasteiger charge is 2.36. The largest absolute Gasteiger partial charge is 0.360 e. The maximum absolute atomic E-state index is 12.6. The maximum Gasteiger partial charge on any atom is 0.255 e. The van der Waals surface area contributed by atoms with Crippen molar-refractivity contribution < 1.29 is 9.53 Å². The van der Waals surface area contributed by atoms with Gasteiger partial charge in [-0.3, -0.25) is 14.8 Å². The molecule has 0 fully saturated rings. The Hall–Kier alpha value is -2.48. The summed E-state index contributed by atoms with van der Waals surface area (Å²) >= 11 is 0. The third kappa shape index (κ3) is 4.01. The van der Waals surface area contributed by atoms with Crippen molar-refractivity contribution in [3.63, 3.8) is 0 Å². The Labute approximate surface area is 166 Å². The van der Waals surface area contributed by atoms with Crippen LogP contribution in [-0.2, 0) is 9.53 Å². The van der Waals surface area contributed by atoms with Gasteiger partial charge in [-0.05, 0) is 40.9 Å². The molecule has 1 atom stereocenters. The predicted molar refractivity (Wildman–Crippen MR) is 113 cm³/mol. The first-order valence-electron chi connectivity index (χ1n) is 9.59. The van der Waals surface area contributed by atoms with Crippen molar-refractivity contribution in [1.29, 1.82) is 0 Å². The fourth-order valence-electron chi connectivity index (χ4n) is 3.39. The number of aromatic nitrogens is 1. The van der Waals surface area contributed by atoms with Crippen molar-refractivity contribution in [2.45, 2.75) is 31.7 Å². The van der Waals surface area contributed by atoms with Gasteiger partial charge >= 0.3 is 0 Å². The van der Waals surface area contributed by atoms with Gasteiger partial charge < -0.3 is 10.1 Å². The van der Waals surface area contributed by atoms with Gasteiger partial charge in [0.05, 0.1) is 11.6 Å². The van der Waals surface area contributed by atoms with Crippen LogP contribution in [0.4, 0.5) is 5.69 Å². The molecule has 1 unspecified atom stereocenters. The topological polar surface area (TPSA) is 66.5 Å². The van der Waals surface area contributed by atoms with E-state index >= 15 is 0 Å². The van der Waals surface area contributed by atoms with Crippen molar-refractivity contribution in [2.75, 3.05) is 18.7 Å². The minimum Gasteiger partial charge on any atom is -0.360 e. The Bertz CT molecular complexity index is 908. The van der Waals surface area contributed by atoms with Gasteiger partial charge in [0.2, 0.25) is 0 Å². The minimum absolute atomic E-state index is 0.0681. The average molecular weight is 395 g/mol. The number of carbonyl (C=O) groups is 1. The van der Waals surface area contributed by atoms with Crippen molar-refractivity contribution in [3.8, 4) is 11.1 Å². The standard InChI is InChI=1S/C21H26N4O2Si/c1-28(2,3)11-10-27-14-25-13-18-20(24-25)17-5-4-16(12-19(17)23-21(18)26)15-6-8-22-9-7-15/h4-9,12-13,20,24H,10-11,14H2,1-3H3,(H,23,26). The van der Waals surface area contributed by atoms with Gasteiger partial charge in [0.25, 0.3) is 5.91 Å². The Morgan fingerprint density at radius 1 is 1.14 bits per heavy atom. The fraction of sp³-hybridized carbons (Fsp3) is 0.333. The summed E-state index contributed by atoms with van der Waals surface area (Å²) in [5.74, 6) is -0.0681. The first-order valence-corrected chi connectivity index (χ1v) is 13.3. The zero-order valence-electron chi connectivity index (χ0n) is 16.5. The average Bonchev–Trinajstić information content (AvgIpc) is 3.10. The van der Waals surface area contributed by atoms with Crippen molar-refractivity contribution in [3.05, 3.63) is 60.1 Å². The van der Waals surface area contributed by atoms with E-state index < -0.39 is 8.07 Å². The van der Waals surface area contributed by atoms with Crippen molar-refractivity contribution in [1.82, 2.24) is 15.4 Å². The molecule has 2 aliphatic rings. The molecule has 0 bridgehead atoms. The summed E-state index contributed by atoms with van der Waals surface area (Å²) in [6.45, 7) is 8.19. The molecule has 0 saturated heterocycles. The summed E-state index contributed by atoms with van der Waals surface area (Å²) in [6.07, 6.45) is 5.40. The number of benzene rings is 1. The van der Waals surface area contributed by atoms with E-state index in [2.05, 4.69) is 47.5 Å². The molecule has 0 aliphatic carbocycles. The molecule has 2 aromatic rings. The summed E-state index contributed by atoms with van der Waals surface area (Å²) < 4.78 is 5.82. The zero-order valence-corrected chi connectivity index (χ0v) is 17.5. The van der Waals surface area contributed by atoms with Crippen LogP contribution >= 0.6 is 0 Å². The predicted octanol–water partition coefficient (Wildman–Crippen LogP) is 3.76. The van der Waals surface area contributed by atoms with E-state index in [4.69, 9.17) is 4.74 Å². The number of carbonyl (C=O) groups excluding carboxylic acids is 1. The molecule has 6 nitrogen and oxygen atoms in total. The van der Waals surface area contributed by atoms with E-state index in [0.717, 1.165) is 40.6 Å². The number of pyridine rings is 1. The second-order valence-electron chi connectivity index (χ2n) is 8.46. The number of anilines is 1. The molecular formula is C21H26N4O2Si. The van der Waals surface area contributed by atoms with Gasteiger partial charge in [0, 0.05) is 39.0 Å². The van der Waals surface area contributed by atoms with E-state index in [0.29, 0.717) is 6.73 Å². The number of amides is 1. The van der Waals surface area contributed by atoms with Crippen LogP contribution in [0.5, 0.6) is 0 Å². The maximum atomic E-state index is 12.6. The molecule has 0 saturated carbocycles. The van der Waals surface area contributed by atoms with Gasteiger partial charge in [-0.25, -0.2) is 5.43 Å². The molecular weight excluding hydrogens is 368 g/mol. The first kappa shape index (κ1) is 18.9. The minimum atomic E-state index is -1.10. The second-order valence-corrected chi connectivity index (χ2v) is 14.1. The van der Waals surface area contributed by atoms with Gasteiger partial charge in [0.1, 0.15) is 6.73 Å². The van der Waals surface area contributed by atoms with Crippen LogP contribution in [0.25, 0.3) is 11.1 Å². The molecule has 1 aromatic carbocycles. The van der Waals surface area contributed by atoms with Gasteiger partial charge in [0.15, 0.2) is 0 Å². The summed E-state index contributed by atoms with van der Waals surface area (Å²) in [5, 5.41) is 4.90. The molecule has 2 aliphatic heterocycles. The Morgan fingerprint density at radius 3 is 2.68 bits per heavy atom. The lowest BCUT2D eigenvalue weighted by atomic mass is 9.92. The highest BCUT2D eigenvalue weighted by atomic mass is 28.3. The van der Waals surface area contributed by atoms with Crippen LogP contribution in [0.2, 0.25) is 25.7 Å². The molecule has 0 radical (unpaired) electrons. The summed E-state index contributed by atoms with van der Waals surface area (Å²) in [6, 6.07) is 11.1. The molecule has 3 heterocycles. The third-order valence-corrected chi connectivity index (χ3v) is 6.72. The first-order chi connectivity index (χ1) is 13.4. The number of hydrogen-bond acceptors (Lipinski definition) is 5. The van der Waals surface area contributed by atoms with Crippen molar-refractivity contribution >= 4 is 19.7 Å². The lowest BCUT2D eigenvalue weighted by Crippen LogP contribution is -2.36. The van der Waals surface area contributed by atoms with E-state index in [9.17, 15) is 4.79 Å². The van der Waals surface area contributed by atoms with Crippen LogP contribution < -0.4 is 10.7 Å². The number of nitrogens with one attached hydrogen (secondary N) is 2. The number of rotatable bonds is 6. The summed E-state index contributed by atoms with van der Waals surface area (Å²) in [5.41, 5.74) is 8.15. The third-order valence-electron chi connectivity index (χ3n) is 5.02. The molecule has 4 rings (SSSR count). The van der Waals surface area contributed by atoms with Crippen molar-refractivity contribution in [2.24, 2.45) is 0 Å². The number of hydrogen-bond donors (Lipinski definition) is 2. The number of nitrogens with zero attached hydrogens (tertiary/aromatic N) is 2. The van der Waals surface area contributed by atoms with E-state index in [1.54, 1.807) is 12.4 Å². The lowest BCUT2D eigenvalue weighted by molar-refractivity contribution is -0.113. The number of ether oxygens (including phenoxy) is 1. The van der Waals surface area contributed by atoms with Crippen LogP contribution in [0.1, 0.15) is 11.6 Å². The monoisotopic (exact) mass is 394 g/mol. The molecule has 2 N–H and O–H groups in total. The quantitative estimate of drug-likeness (QED) is 0.577. The molecule has 146 valence electrons. The summed E-state index contributed by atoms with van der Waals surface area (Å²) in [4.78, 5) is 16.7. The summed E-state index contributed by atoms with van der Waals surface area (Å²) in [7, 11) is -1.10. The molecule has 28 heavy (non-hydrogen) atoms. The zero-order chi connectivity index (χ0) is 19.7. The Morgan fingerprint density at radius 2 is 1.93 bits per heavy atom. The van der Waals surface area contributed by atoms with E-state index in [-0.39, 0.29) is 11.9 Å². The second kappa shape index (κ2) is 7.50. The Kier molecular flexibility index (Phi) is 5.05. The Balaban J connectivity index is 1.47.